The number of morpholine rings is 1. The molecule has 2 aromatic rings. The van der Waals surface area contributed by atoms with Gasteiger partial charge in [-0.2, -0.15) is 9.40 Å². The van der Waals surface area contributed by atoms with Crippen molar-refractivity contribution in [1.29, 1.82) is 0 Å². The van der Waals surface area contributed by atoms with Gasteiger partial charge in [-0.3, -0.25) is 9.48 Å². The lowest BCUT2D eigenvalue weighted by atomic mass is 10.1. The fourth-order valence-electron chi connectivity index (χ4n) is 4.17. The van der Waals surface area contributed by atoms with Gasteiger partial charge in [-0.25, -0.2) is 13.4 Å². The van der Waals surface area contributed by atoms with Crippen molar-refractivity contribution in [3.8, 4) is 0 Å². The molecule has 0 unspecified atom stereocenters. The number of pyridine rings is 1. The van der Waals surface area contributed by atoms with E-state index in [1.807, 2.05) is 30.5 Å². The van der Waals surface area contributed by atoms with Crippen molar-refractivity contribution >= 4 is 21.7 Å². The number of ether oxygens (including phenoxy) is 1. The Hall–Kier alpha value is -2.50. The van der Waals surface area contributed by atoms with E-state index in [4.69, 9.17) is 4.74 Å². The van der Waals surface area contributed by atoms with E-state index >= 15 is 0 Å². The van der Waals surface area contributed by atoms with Crippen LogP contribution in [-0.2, 0) is 33.0 Å². The molecular formula is C21H30N6O4S. The number of aryl methyl sites for hydroxylation is 2. The zero-order valence-electron chi connectivity index (χ0n) is 18.8. The van der Waals surface area contributed by atoms with Crippen molar-refractivity contribution < 1.29 is 17.9 Å². The Morgan fingerprint density at radius 1 is 1.06 bits per heavy atom. The number of carbonyl (C=O) groups is 1. The van der Waals surface area contributed by atoms with Gasteiger partial charge in [0.2, 0.25) is 15.9 Å². The minimum atomic E-state index is -3.55. The predicted molar refractivity (Wildman–Crippen MR) is 119 cm³/mol. The van der Waals surface area contributed by atoms with Crippen LogP contribution in [0.3, 0.4) is 0 Å². The molecule has 10 nitrogen and oxygen atoms in total. The van der Waals surface area contributed by atoms with Gasteiger partial charge in [-0.15, -0.1) is 0 Å². The minimum Gasteiger partial charge on any atom is -0.379 e. The molecule has 174 valence electrons. The summed E-state index contributed by atoms with van der Waals surface area (Å²) in [4.78, 5) is 21.4. The molecule has 0 saturated carbocycles. The van der Waals surface area contributed by atoms with Crippen LogP contribution >= 0.6 is 0 Å². The van der Waals surface area contributed by atoms with Gasteiger partial charge < -0.3 is 14.5 Å². The highest BCUT2D eigenvalue weighted by Gasteiger charge is 2.28. The number of amides is 1. The van der Waals surface area contributed by atoms with Gasteiger partial charge in [-0.05, 0) is 26.0 Å². The van der Waals surface area contributed by atoms with Crippen LogP contribution in [0.2, 0.25) is 0 Å². The van der Waals surface area contributed by atoms with Gasteiger partial charge in [0.25, 0.3) is 0 Å². The zero-order chi connectivity index (χ0) is 22.9. The summed E-state index contributed by atoms with van der Waals surface area (Å²) >= 11 is 0. The number of sulfonamides is 1. The summed E-state index contributed by atoms with van der Waals surface area (Å²) in [5.74, 6) is 0.820. The Kier molecular flexibility index (Phi) is 6.50. The standard InChI is InChI=1S/C21H30N6O4S/c1-16-19(17(2)24(3)23-16)14-21(28)26-8-6-25(7-9-26)20-5-4-18(15-22-20)32(29,30)27-10-12-31-13-11-27/h4-5,15H,6-14H2,1-3H3. The molecule has 2 saturated heterocycles. The second-order valence-corrected chi connectivity index (χ2v) is 10.1. The highest BCUT2D eigenvalue weighted by molar-refractivity contribution is 7.89. The van der Waals surface area contributed by atoms with E-state index in [0.29, 0.717) is 58.9 Å². The molecule has 0 atom stereocenters. The SMILES string of the molecule is Cc1nn(C)c(C)c1CC(=O)N1CCN(c2ccc(S(=O)(=O)N3CCOCC3)cn2)CC1. The average Bonchev–Trinajstić information content (AvgIpc) is 3.05. The fraction of sp³-hybridized carbons (Fsp3) is 0.571. The monoisotopic (exact) mass is 462 g/mol. The topological polar surface area (TPSA) is 101 Å². The summed E-state index contributed by atoms with van der Waals surface area (Å²) in [5, 5.41) is 4.39. The lowest BCUT2D eigenvalue weighted by Gasteiger charge is -2.35. The summed E-state index contributed by atoms with van der Waals surface area (Å²) < 4.78 is 34.0. The molecule has 0 radical (unpaired) electrons. The van der Waals surface area contributed by atoms with E-state index in [1.54, 1.807) is 12.1 Å². The second-order valence-electron chi connectivity index (χ2n) is 8.19. The molecule has 4 heterocycles. The van der Waals surface area contributed by atoms with Gasteiger partial charge in [0.1, 0.15) is 10.7 Å². The maximum Gasteiger partial charge on any atom is 0.244 e. The van der Waals surface area contributed by atoms with Crippen LogP contribution in [0.1, 0.15) is 17.0 Å². The highest BCUT2D eigenvalue weighted by Crippen LogP contribution is 2.21. The van der Waals surface area contributed by atoms with Crippen LogP contribution < -0.4 is 4.90 Å². The maximum atomic E-state index is 12.8. The molecule has 32 heavy (non-hydrogen) atoms. The predicted octanol–water partition coefficient (Wildman–Crippen LogP) is 0.344. The lowest BCUT2D eigenvalue weighted by molar-refractivity contribution is -0.130. The number of hydrogen-bond donors (Lipinski definition) is 0. The van der Waals surface area contributed by atoms with Crippen molar-refractivity contribution in [3.63, 3.8) is 0 Å². The van der Waals surface area contributed by atoms with E-state index in [1.165, 1.54) is 10.5 Å². The molecule has 0 N–H and O–H groups in total. The van der Waals surface area contributed by atoms with Crippen LogP contribution in [-0.4, -0.2) is 90.8 Å². The zero-order valence-corrected chi connectivity index (χ0v) is 19.6. The van der Waals surface area contributed by atoms with Crippen molar-refractivity contribution in [3.05, 3.63) is 35.3 Å². The number of anilines is 1. The Balaban J connectivity index is 1.35. The van der Waals surface area contributed by atoms with Crippen LogP contribution in [0.4, 0.5) is 5.82 Å². The maximum absolute atomic E-state index is 12.8. The number of piperazine rings is 1. The van der Waals surface area contributed by atoms with Gasteiger partial charge >= 0.3 is 0 Å². The molecule has 1 amide bonds. The van der Waals surface area contributed by atoms with Gasteiger partial charge in [0.15, 0.2) is 0 Å². The van der Waals surface area contributed by atoms with Crippen LogP contribution in [0, 0.1) is 13.8 Å². The smallest absolute Gasteiger partial charge is 0.244 e. The summed E-state index contributed by atoms with van der Waals surface area (Å²) in [6.45, 7) is 7.97. The molecule has 0 bridgehead atoms. The van der Waals surface area contributed by atoms with E-state index in [0.717, 1.165) is 22.8 Å². The Morgan fingerprint density at radius 2 is 1.75 bits per heavy atom. The highest BCUT2D eigenvalue weighted by atomic mass is 32.2. The van der Waals surface area contributed by atoms with Crippen LogP contribution in [0.15, 0.2) is 23.2 Å². The number of aromatic nitrogens is 3. The normalized spacial score (nSPS) is 18.2. The quantitative estimate of drug-likeness (QED) is 0.632. The third-order valence-electron chi connectivity index (χ3n) is 6.27. The molecule has 0 aromatic carbocycles. The Labute approximate surface area is 188 Å². The van der Waals surface area contributed by atoms with E-state index in [2.05, 4.69) is 15.0 Å². The molecule has 4 rings (SSSR count). The Bertz CT molecular complexity index is 1070. The van der Waals surface area contributed by atoms with E-state index in [9.17, 15) is 13.2 Å². The molecule has 2 aliphatic heterocycles. The summed E-state index contributed by atoms with van der Waals surface area (Å²) in [7, 11) is -1.66. The molecule has 0 aliphatic carbocycles. The third kappa shape index (κ3) is 4.50. The van der Waals surface area contributed by atoms with Crippen molar-refractivity contribution in [2.45, 2.75) is 25.2 Å². The largest absolute Gasteiger partial charge is 0.379 e. The minimum absolute atomic E-state index is 0.101. The Morgan fingerprint density at radius 3 is 2.31 bits per heavy atom. The summed E-state index contributed by atoms with van der Waals surface area (Å²) in [6, 6.07) is 3.35. The fourth-order valence-corrected chi connectivity index (χ4v) is 5.52. The van der Waals surface area contributed by atoms with E-state index in [-0.39, 0.29) is 10.8 Å². The molecule has 2 aliphatic rings. The van der Waals surface area contributed by atoms with Gasteiger partial charge in [0.05, 0.1) is 25.3 Å². The first-order valence-electron chi connectivity index (χ1n) is 10.8. The number of carbonyl (C=O) groups excluding carboxylic acids is 1. The second kappa shape index (κ2) is 9.16. The third-order valence-corrected chi connectivity index (χ3v) is 8.15. The van der Waals surface area contributed by atoms with Gasteiger partial charge in [-0.1, -0.05) is 0 Å². The van der Waals surface area contributed by atoms with Crippen molar-refractivity contribution in [2.75, 3.05) is 57.4 Å². The summed E-state index contributed by atoms with van der Waals surface area (Å²) in [6.07, 6.45) is 1.78. The van der Waals surface area contributed by atoms with Crippen molar-refractivity contribution in [2.24, 2.45) is 7.05 Å². The average molecular weight is 463 g/mol. The number of nitrogens with zero attached hydrogens (tertiary/aromatic N) is 6. The first-order chi connectivity index (χ1) is 15.3. The first-order valence-corrected chi connectivity index (χ1v) is 12.3. The molecular weight excluding hydrogens is 432 g/mol. The van der Waals surface area contributed by atoms with Crippen molar-refractivity contribution in [1.82, 2.24) is 24.0 Å². The van der Waals surface area contributed by atoms with Crippen LogP contribution in [0.5, 0.6) is 0 Å². The first kappa shape index (κ1) is 22.7. The van der Waals surface area contributed by atoms with Crippen LogP contribution in [0.25, 0.3) is 0 Å². The lowest BCUT2D eigenvalue weighted by Crippen LogP contribution is -2.49. The number of rotatable bonds is 5. The molecule has 2 fully saturated rings. The van der Waals surface area contributed by atoms with E-state index < -0.39 is 10.0 Å². The number of hydrogen-bond acceptors (Lipinski definition) is 7. The molecule has 2 aromatic heterocycles. The molecule has 11 heteroatoms. The summed E-state index contributed by atoms with van der Waals surface area (Å²) in [5.41, 5.74) is 2.91. The molecule has 0 spiro atoms. The van der Waals surface area contributed by atoms with Gasteiger partial charge in [0, 0.05) is 63.8 Å².